The minimum absolute atomic E-state index is 0.215. The first-order valence-corrected chi connectivity index (χ1v) is 10.5. The van der Waals surface area contributed by atoms with Crippen molar-refractivity contribution in [2.45, 2.75) is 19.9 Å². The van der Waals surface area contributed by atoms with Crippen LogP contribution in [0.3, 0.4) is 0 Å². The van der Waals surface area contributed by atoms with Crippen LogP contribution in [0.1, 0.15) is 28.4 Å². The maximum atomic E-state index is 12.8. The molecule has 0 spiro atoms. The van der Waals surface area contributed by atoms with Crippen molar-refractivity contribution in [3.8, 4) is 11.3 Å². The Hall–Kier alpha value is -4.26. The molecule has 1 amide bonds. The molecule has 5 aromatic rings. The Morgan fingerprint density at radius 2 is 1.75 bits per heavy atom. The molecule has 0 saturated carbocycles. The molecular formula is C25H21N5O2. The van der Waals surface area contributed by atoms with Crippen LogP contribution in [-0.2, 0) is 13.0 Å². The molecule has 2 aromatic heterocycles. The highest BCUT2D eigenvalue weighted by Gasteiger charge is 2.15. The molecule has 32 heavy (non-hydrogen) atoms. The van der Waals surface area contributed by atoms with Crippen LogP contribution in [-0.4, -0.2) is 25.7 Å². The Balaban J connectivity index is 1.49. The molecule has 0 fully saturated rings. The fraction of sp³-hybridized carbons (Fsp3) is 0.120. The van der Waals surface area contributed by atoms with Gasteiger partial charge >= 0.3 is 0 Å². The molecule has 158 valence electrons. The predicted octanol–water partition coefficient (Wildman–Crippen LogP) is 3.73. The minimum Gasteiger partial charge on any atom is -0.348 e. The van der Waals surface area contributed by atoms with E-state index in [4.69, 9.17) is 0 Å². The molecule has 0 unspecified atom stereocenters. The van der Waals surface area contributed by atoms with Crippen molar-refractivity contribution in [2.24, 2.45) is 0 Å². The van der Waals surface area contributed by atoms with Crippen LogP contribution in [0.5, 0.6) is 0 Å². The number of amides is 1. The monoisotopic (exact) mass is 423 g/mol. The maximum Gasteiger partial charge on any atom is 0.281 e. The molecule has 3 aromatic carbocycles. The van der Waals surface area contributed by atoms with Crippen LogP contribution >= 0.6 is 0 Å². The van der Waals surface area contributed by atoms with Gasteiger partial charge in [0.05, 0.1) is 10.9 Å². The average Bonchev–Trinajstić information content (AvgIpc) is 3.27. The molecule has 0 saturated heterocycles. The number of hydrogen-bond acceptors (Lipinski definition) is 4. The summed E-state index contributed by atoms with van der Waals surface area (Å²) in [5, 5.41) is 10.6. The number of nitrogens with one attached hydrogen (secondary N) is 2. The predicted molar refractivity (Wildman–Crippen MR) is 124 cm³/mol. The molecule has 7 nitrogen and oxygen atoms in total. The van der Waals surface area contributed by atoms with Crippen molar-refractivity contribution in [3.05, 3.63) is 99.8 Å². The fourth-order valence-corrected chi connectivity index (χ4v) is 3.74. The van der Waals surface area contributed by atoms with Gasteiger partial charge in [0.2, 0.25) is 0 Å². The van der Waals surface area contributed by atoms with E-state index in [0.717, 1.165) is 17.5 Å². The second-order valence-electron chi connectivity index (χ2n) is 7.59. The standard InChI is InChI=1S/C25H21N5O2/c1-2-16-8-10-17(11-9-16)15-26-24(31)19-12-13-20-21(14-19)30-23(27-25(20)32)22(28-29-30)18-6-4-3-5-7-18/h3-14,29H,2,15H2,1H3,(H,26,31). The van der Waals surface area contributed by atoms with E-state index in [9.17, 15) is 9.59 Å². The fourth-order valence-electron chi connectivity index (χ4n) is 3.74. The van der Waals surface area contributed by atoms with Crippen LogP contribution in [0.2, 0.25) is 0 Å². The lowest BCUT2D eigenvalue weighted by Crippen LogP contribution is -2.23. The van der Waals surface area contributed by atoms with Gasteiger partial charge in [-0.3, -0.25) is 9.59 Å². The number of aryl methyl sites for hydroxylation is 1. The van der Waals surface area contributed by atoms with Gasteiger partial charge in [-0.1, -0.05) is 61.5 Å². The van der Waals surface area contributed by atoms with Crippen molar-refractivity contribution in [1.82, 2.24) is 25.1 Å². The molecule has 0 aliphatic carbocycles. The third kappa shape index (κ3) is 3.54. The number of nitrogens with zero attached hydrogens (tertiary/aromatic N) is 3. The topological polar surface area (TPSA) is 92.2 Å². The third-order valence-corrected chi connectivity index (χ3v) is 5.56. The van der Waals surface area contributed by atoms with Gasteiger partial charge in [-0.25, -0.2) is 9.73 Å². The molecule has 0 bridgehead atoms. The number of carbonyl (C=O) groups excluding carboxylic acids is 1. The van der Waals surface area contributed by atoms with E-state index >= 15 is 0 Å². The van der Waals surface area contributed by atoms with Crippen LogP contribution in [0.4, 0.5) is 0 Å². The number of carbonyl (C=O) groups is 1. The number of aromatic amines is 1. The Bertz CT molecular complexity index is 1480. The summed E-state index contributed by atoms with van der Waals surface area (Å²) < 4.78 is 1.64. The summed E-state index contributed by atoms with van der Waals surface area (Å²) in [6, 6.07) is 22.7. The highest BCUT2D eigenvalue weighted by atomic mass is 16.1. The van der Waals surface area contributed by atoms with Crippen molar-refractivity contribution < 1.29 is 4.79 Å². The van der Waals surface area contributed by atoms with Crippen LogP contribution in [0.15, 0.2) is 77.6 Å². The van der Waals surface area contributed by atoms with Crippen molar-refractivity contribution >= 4 is 22.5 Å². The Kier molecular flexibility index (Phi) is 4.99. The van der Waals surface area contributed by atoms with Gasteiger partial charge in [-0.15, -0.1) is 0 Å². The summed E-state index contributed by atoms with van der Waals surface area (Å²) in [4.78, 5) is 29.7. The van der Waals surface area contributed by atoms with Gasteiger partial charge in [-0.05, 0) is 35.7 Å². The lowest BCUT2D eigenvalue weighted by Gasteiger charge is -2.08. The summed E-state index contributed by atoms with van der Waals surface area (Å²) in [5.74, 6) is -0.215. The Labute approximate surface area is 183 Å². The molecule has 0 aliphatic rings. The van der Waals surface area contributed by atoms with E-state index in [1.165, 1.54) is 5.56 Å². The first kappa shape index (κ1) is 19.7. The van der Waals surface area contributed by atoms with Gasteiger partial charge in [0.15, 0.2) is 5.65 Å². The quantitative estimate of drug-likeness (QED) is 0.451. The zero-order valence-corrected chi connectivity index (χ0v) is 17.5. The van der Waals surface area contributed by atoms with E-state index in [2.05, 4.69) is 39.7 Å². The van der Waals surface area contributed by atoms with Crippen LogP contribution in [0, 0.1) is 0 Å². The highest BCUT2D eigenvalue weighted by molar-refractivity contribution is 5.98. The summed E-state index contributed by atoms with van der Waals surface area (Å²) >= 11 is 0. The van der Waals surface area contributed by atoms with E-state index in [1.54, 1.807) is 22.7 Å². The third-order valence-electron chi connectivity index (χ3n) is 5.56. The summed E-state index contributed by atoms with van der Waals surface area (Å²) in [6.07, 6.45) is 0.978. The number of aromatic nitrogens is 4. The van der Waals surface area contributed by atoms with Crippen molar-refractivity contribution in [3.63, 3.8) is 0 Å². The second-order valence-corrected chi connectivity index (χ2v) is 7.59. The average molecular weight is 423 g/mol. The minimum atomic E-state index is -0.360. The molecule has 2 heterocycles. The number of benzene rings is 3. The number of rotatable bonds is 5. The first-order valence-electron chi connectivity index (χ1n) is 10.5. The van der Waals surface area contributed by atoms with Crippen molar-refractivity contribution in [1.29, 1.82) is 0 Å². The summed E-state index contributed by atoms with van der Waals surface area (Å²) in [6.45, 7) is 2.53. The molecule has 0 radical (unpaired) electrons. The van der Waals surface area contributed by atoms with E-state index in [1.807, 2.05) is 42.5 Å². The molecule has 7 heteroatoms. The molecule has 0 atom stereocenters. The second kappa shape index (κ2) is 8.11. The van der Waals surface area contributed by atoms with Gasteiger partial charge in [0.1, 0.15) is 5.69 Å². The summed E-state index contributed by atoms with van der Waals surface area (Å²) in [7, 11) is 0. The van der Waals surface area contributed by atoms with Crippen LogP contribution < -0.4 is 10.9 Å². The maximum absolute atomic E-state index is 12.8. The zero-order chi connectivity index (χ0) is 22.1. The van der Waals surface area contributed by atoms with Gasteiger partial charge in [-0.2, -0.15) is 10.1 Å². The largest absolute Gasteiger partial charge is 0.348 e. The normalized spacial score (nSPS) is 11.2. The van der Waals surface area contributed by atoms with Crippen molar-refractivity contribution in [2.75, 3.05) is 0 Å². The van der Waals surface area contributed by atoms with Gasteiger partial charge in [0, 0.05) is 17.7 Å². The zero-order valence-electron chi connectivity index (χ0n) is 17.5. The Morgan fingerprint density at radius 3 is 2.50 bits per heavy atom. The van der Waals surface area contributed by atoms with E-state index in [-0.39, 0.29) is 11.5 Å². The van der Waals surface area contributed by atoms with E-state index in [0.29, 0.717) is 34.4 Å². The number of H-pyrrole nitrogens is 1. The van der Waals surface area contributed by atoms with Gasteiger partial charge < -0.3 is 5.32 Å². The van der Waals surface area contributed by atoms with Crippen LogP contribution in [0.25, 0.3) is 27.8 Å². The SMILES string of the molecule is CCc1ccc(CNC(=O)c2ccc3c(=O)nc4c(-c5ccccc5)n[nH]n4c3c2)cc1. The smallest absolute Gasteiger partial charge is 0.281 e. The summed E-state index contributed by atoms with van der Waals surface area (Å²) in [5.41, 5.74) is 4.78. The first-order chi connectivity index (χ1) is 15.6. The molecule has 2 N–H and O–H groups in total. The Morgan fingerprint density at radius 1 is 1.00 bits per heavy atom. The highest BCUT2D eigenvalue weighted by Crippen LogP contribution is 2.22. The molecule has 5 rings (SSSR count). The molecule has 0 aliphatic heterocycles. The molecular weight excluding hydrogens is 402 g/mol. The number of hydrogen-bond donors (Lipinski definition) is 2. The lowest BCUT2D eigenvalue weighted by atomic mass is 10.1. The number of fused-ring (bicyclic) bond motifs is 3. The van der Waals surface area contributed by atoms with E-state index < -0.39 is 0 Å². The van der Waals surface area contributed by atoms with Gasteiger partial charge in [0.25, 0.3) is 11.5 Å². The lowest BCUT2D eigenvalue weighted by molar-refractivity contribution is 0.0951.